The number of rotatable bonds is 0. The number of aliphatic hydroxyl groups excluding tert-OH is 2. The molecule has 4 nitrogen and oxygen atoms in total. The molecule has 2 aliphatic rings. The van der Waals surface area contributed by atoms with E-state index in [-0.39, 0.29) is 30.3 Å². The molecular formula is C15H22O4. The fourth-order valence-electron chi connectivity index (χ4n) is 2.81. The Morgan fingerprint density at radius 1 is 1.37 bits per heavy atom. The third-order valence-corrected chi connectivity index (χ3v) is 4.36. The molecule has 0 aromatic heterocycles. The number of hydrogen-bond acceptors (Lipinski definition) is 4. The Morgan fingerprint density at radius 3 is 2.74 bits per heavy atom. The average Bonchev–Trinajstić information content (AvgIpc) is 2.61. The molecule has 1 aliphatic carbocycles. The van der Waals surface area contributed by atoms with Gasteiger partial charge in [0.05, 0.1) is 18.1 Å². The van der Waals surface area contributed by atoms with E-state index in [4.69, 9.17) is 4.74 Å². The van der Waals surface area contributed by atoms with Crippen molar-refractivity contribution in [2.75, 3.05) is 0 Å². The van der Waals surface area contributed by atoms with E-state index >= 15 is 0 Å². The Balaban J connectivity index is 2.27. The molecule has 1 aliphatic heterocycles. The van der Waals surface area contributed by atoms with Gasteiger partial charge in [-0.15, -0.1) is 0 Å². The molecule has 0 radical (unpaired) electrons. The van der Waals surface area contributed by atoms with Gasteiger partial charge in [-0.25, -0.2) is 0 Å². The summed E-state index contributed by atoms with van der Waals surface area (Å²) in [5.74, 6) is -0.230. The normalized spacial score (nSPS) is 43.2. The average molecular weight is 266 g/mol. The van der Waals surface area contributed by atoms with Gasteiger partial charge in [-0.2, -0.15) is 0 Å². The first kappa shape index (κ1) is 14.3. The number of ether oxygens (including phenoxy) is 1. The highest BCUT2D eigenvalue weighted by Gasteiger charge is 2.41. The molecular weight excluding hydrogens is 244 g/mol. The van der Waals surface area contributed by atoms with E-state index in [1.165, 1.54) is 0 Å². The highest BCUT2D eigenvalue weighted by molar-refractivity contribution is 5.75. The molecule has 0 unspecified atom stereocenters. The smallest absolute Gasteiger partial charge is 0.309 e. The largest absolute Gasteiger partial charge is 0.458 e. The van der Waals surface area contributed by atoms with Crippen molar-refractivity contribution in [2.45, 2.75) is 51.4 Å². The maximum Gasteiger partial charge on any atom is 0.309 e. The fraction of sp³-hybridized carbons (Fsp3) is 0.667. The van der Waals surface area contributed by atoms with Gasteiger partial charge in [0.1, 0.15) is 6.10 Å². The SMILES string of the molecule is C=C1CC[C@@H]2[C@H](/C=C(/C)[C@@H](O)C[C@@H]1O)OC(=O)[C@H]2C. The first-order chi connectivity index (χ1) is 8.90. The lowest BCUT2D eigenvalue weighted by Crippen LogP contribution is -2.26. The Bertz CT molecular complexity index is 412. The molecule has 19 heavy (non-hydrogen) atoms. The molecule has 0 bridgehead atoms. The standard InChI is InChI=1S/C15H22O4/c1-8-4-5-11-10(3)15(18)19-14(11)6-9(2)13(17)7-12(8)16/h6,10-14,16-17H,1,4-5,7H2,2-3H3/b9-6-/t10-,11-,12-,13-,14-/m0/s1. The molecule has 5 atom stereocenters. The number of hydrogen-bond donors (Lipinski definition) is 2. The molecule has 2 rings (SSSR count). The Labute approximate surface area is 113 Å². The Kier molecular flexibility index (Phi) is 4.11. The van der Waals surface area contributed by atoms with Crippen LogP contribution in [-0.2, 0) is 9.53 Å². The number of fused-ring (bicyclic) bond motifs is 1. The summed E-state index contributed by atoms with van der Waals surface area (Å²) in [5.41, 5.74) is 1.46. The minimum Gasteiger partial charge on any atom is -0.458 e. The Morgan fingerprint density at radius 2 is 2.05 bits per heavy atom. The summed E-state index contributed by atoms with van der Waals surface area (Å²) in [4.78, 5) is 11.7. The van der Waals surface area contributed by atoms with Crippen molar-refractivity contribution in [1.82, 2.24) is 0 Å². The molecule has 0 aromatic carbocycles. The first-order valence-electron chi connectivity index (χ1n) is 6.82. The molecule has 0 amide bonds. The maximum absolute atomic E-state index is 11.7. The second-order valence-electron chi connectivity index (χ2n) is 5.73. The van der Waals surface area contributed by atoms with Gasteiger partial charge in [-0.3, -0.25) is 4.79 Å². The minimum atomic E-state index is -0.722. The number of carbonyl (C=O) groups is 1. The van der Waals surface area contributed by atoms with Crippen molar-refractivity contribution in [2.24, 2.45) is 11.8 Å². The molecule has 1 saturated heterocycles. The van der Waals surface area contributed by atoms with Gasteiger partial charge in [0, 0.05) is 12.3 Å². The van der Waals surface area contributed by atoms with E-state index in [9.17, 15) is 15.0 Å². The molecule has 106 valence electrons. The second-order valence-corrected chi connectivity index (χ2v) is 5.73. The lowest BCUT2D eigenvalue weighted by atomic mass is 9.83. The van der Waals surface area contributed by atoms with Crippen LogP contribution in [0.3, 0.4) is 0 Å². The van der Waals surface area contributed by atoms with Crippen molar-refractivity contribution in [3.05, 3.63) is 23.8 Å². The molecule has 0 spiro atoms. The third-order valence-electron chi connectivity index (χ3n) is 4.36. The van der Waals surface area contributed by atoms with Crippen molar-refractivity contribution in [3.8, 4) is 0 Å². The third kappa shape index (κ3) is 2.90. The zero-order valence-corrected chi connectivity index (χ0v) is 11.5. The summed E-state index contributed by atoms with van der Waals surface area (Å²) in [6.45, 7) is 7.55. The highest BCUT2D eigenvalue weighted by Crippen LogP contribution is 2.35. The summed E-state index contributed by atoms with van der Waals surface area (Å²) in [5, 5.41) is 20.0. The molecule has 1 heterocycles. The van der Waals surface area contributed by atoms with Crippen LogP contribution in [0.2, 0.25) is 0 Å². The van der Waals surface area contributed by atoms with Gasteiger partial charge < -0.3 is 14.9 Å². The molecule has 2 N–H and O–H groups in total. The number of esters is 1. The van der Waals surface area contributed by atoms with E-state index in [0.717, 1.165) is 17.6 Å². The van der Waals surface area contributed by atoms with Crippen LogP contribution < -0.4 is 0 Å². The van der Waals surface area contributed by atoms with Gasteiger partial charge in [-0.1, -0.05) is 13.5 Å². The summed E-state index contributed by atoms with van der Waals surface area (Å²) >= 11 is 0. The number of aliphatic hydroxyl groups is 2. The van der Waals surface area contributed by atoms with Crippen LogP contribution in [0.1, 0.15) is 33.1 Å². The van der Waals surface area contributed by atoms with Crippen LogP contribution in [-0.4, -0.2) is 34.5 Å². The quantitative estimate of drug-likeness (QED) is 0.516. The van der Waals surface area contributed by atoms with Crippen LogP contribution in [0, 0.1) is 11.8 Å². The van der Waals surface area contributed by atoms with Gasteiger partial charge in [0.15, 0.2) is 0 Å². The van der Waals surface area contributed by atoms with Gasteiger partial charge >= 0.3 is 5.97 Å². The van der Waals surface area contributed by atoms with Crippen LogP contribution in [0.25, 0.3) is 0 Å². The molecule has 0 saturated carbocycles. The number of carbonyl (C=O) groups excluding carboxylic acids is 1. The lowest BCUT2D eigenvalue weighted by Gasteiger charge is -2.24. The van der Waals surface area contributed by atoms with Crippen LogP contribution >= 0.6 is 0 Å². The monoisotopic (exact) mass is 266 g/mol. The van der Waals surface area contributed by atoms with E-state index in [1.54, 1.807) is 6.92 Å². The molecule has 1 fully saturated rings. The maximum atomic E-state index is 11.7. The topological polar surface area (TPSA) is 66.8 Å². The van der Waals surface area contributed by atoms with Gasteiger partial charge in [0.25, 0.3) is 0 Å². The van der Waals surface area contributed by atoms with Crippen molar-refractivity contribution in [1.29, 1.82) is 0 Å². The van der Waals surface area contributed by atoms with Crippen molar-refractivity contribution in [3.63, 3.8) is 0 Å². The predicted molar refractivity (Wildman–Crippen MR) is 71.3 cm³/mol. The van der Waals surface area contributed by atoms with Gasteiger partial charge in [0.2, 0.25) is 0 Å². The summed E-state index contributed by atoms with van der Waals surface area (Å²) in [6, 6.07) is 0. The van der Waals surface area contributed by atoms with Crippen molar-refractivity contribution < 1.29 is 19.7 Å². The fourth-order valence-corrected chi connectivity index (χ4v) is 2.81. The Hall–Kier alpha value is -1.13. The van der Waals surface area contributed by atoms with Crippen LogP contribution in [0.5, 0.6) is 0 Å². The van der Waals surface area contributed by atoms with Crippen LogP contribution in [0.15, 0.2) is 23.8 Å². The first-order valence-corrected chi connectivity index (χ1v) is 6.82. The predicted octanol–water partition coefficient (Wildman–Crippen LogP) is 1.57. The molecule has 4 heteroatoms. The van der Waals surface area contributed by atoms with Gasteiger partial charge in [-0.05, 0) is 37.0 Å². The lowest BCUT2D eigenvalue weighted by molar-refractivity contribution is -0.142. The van der Waals surface area contributed by atoms with E-state index < -0.39 is 12.2 Å². The second kappa shape index (κ2) is 5.47. The van der Waals surface area contributed by atoms with E-state index in [0.29, 0.717) is 6.42 Å². The zero-order chi connectivity index (χ0) is 14.2. The highest BCUT2D eigenvalue weighted by atomic mass is 16.6. The van der Waals surface area contributed by atoms with Crippen molar-refractivity contribution >= 4 is 5.97 Å². The minimum absolute atomic E-state index is 0.0942. The summed E-state index contributed by atoms with van der Waals surface area (Å²) in [7, 11) is 0. The summed E-state index contributed by atoms with van der Waals surface area (Å²) in [6.07, 6.45) is 1.83. The summed E-state index contributed by atoms with van der Waals surface area (Å²) < 4.78 is 5.37. The zero-order valence-electron chi connectivity index (χ0n) is 11.5. The van der Waals surface area contributed by atoms with E-state index in [2.05, 4.69) is 6.58 Å². The van der Waals surface area contributed by atoms with E-state index in [1.807, 2.05) is 13.0 Å². The molecule has 0 aromatic rings. The van der Waals surface area contributed by atoms with Crippen LogP contribution in [0.4, 0.5) is 0 Å².